The molecule has 4 rings (SSSR count). The van der Waals surface area contributed by atoms with Gasteiger partial charge in [0.25, 0.3) is 5.91 Å². The number of rotatable bonds is 3. The monoisotopic (exact) mass is 374 g/mol. The fraction of sp³-hybridized carbons (Fsp3) is 0.750. The van der Waals surface area contributed by atoms with Crippen molar-refractivity contribution in [3.8, 4) is 0 Å². The summed E-state index contributed by atoms with van der Waals surface area (Å²) in [5, 5.41) is 3.93. The van der Waals surface area contributed by atoms with Crippen LogP contribution < -0.4 is 0 Å². The summed E-state index contributed by atoms with van der Waals surface area (Å²) in [5.41, 5.74) is 0.983. The third-order valence-electron chi connectivity index (χ3n) is 6.75. The van der Waals surface area contributed by atoms with Crippen molar-refractivity contribution >= 4 is 11.8 Å². The number of amides is 2. The molecule has 3 aliphatic heterocycles. The number of nitrogens with zero attached hydrogens (tertiary/aromatic N) is 4. The fourth-order valence-corrected chi connectivity index (χ4v) is 4.87. The summed E-state index contributed by atoms with van der Waals surface area (Å²) in [7, 11) is 2.13. The van der Waals surface area contributed by atoms with Gasteiger partial charge in [-0.1, -0.05) is 12.1 Å². The van der Waals surface area contributed by atoms with E-state index in [0.717, 1.165) is 70.5 Å². The second-order valence-electron chi connectivity index (χ2n) is 8.55. The van der Waals surface area contributed by atoms with Gasteiger partial charge in [0, 0.05) is 44.7 Å². The Balaban J connectivity index is 1.38. The average molecular weight is 374 g/mol. The first-order valence-corrected chi connectivity index (χ1v) is 10.2. The van der Waals surface area contributed by atoms with E-state index < -0.39 is 0 Å². The normalized spacial score (nSPS) is 26.1. The van der Waals surface area contributed by atoms with Crippen LogP contribution in [0.1, 0.15) is 55.3 Å². The molecule has 2 amide bonds. The predicted molar refractivity (Wildman–Crippen MR) is 100 cm³/mol. The number of likely N-dealkylation sites (tertiary alicyclic amines) is 3. The highest BCUT2D eigenvalue weighted by molar-refractivity contribution is 5.91. The Bertz CT molecular complexity index is 708. The largest absolute Gasteiger partial charge is 0.351 e. The molecule has 1 spiro atoms. The molecule has 0 bridgehead atoms. The molecule has 7 nitrogen and oxygen atoms in total. The van der Waals surface area contributed by atoms with Crippen LogP contribution in [0.15, 0.2) is 10.6 Å². The van der Waals surface area contributed by atoms with Gasteiger partial charge < -0.3 is 19.2 Å². The highest BCUT2D eigenvalue weighted by Crippen LogP contribution is 2.41. The molecule has 27 heavy (non-hydrogen) atoms. The molecular weight excluding hydrogens is 344 g/mol. The standard InChI is InChI=1S/C20H30N4O3/c1-3-15-12-17(27-21-15)19(26)23-10-7-20(8-11-23)6-4-18(25)24(14-20)16-5-9-22(2)13-16/h12,16H,3-11,13-14H2,1-2H3. The lowest BCUT2D eigenvalue weighted by atomic mass is 9.72. The van der Waals surface area contributed by atoms with Crippen molar-refractivity contribution in [2.24, 2.45) is 5.41 Å². The molecule has 0 N–H and O–H groups in total. The maximum Gasteiger partial charge on any atom is 0.292 e. The van der Waals surface area contributed by atoms with Gasteiger partial charge in [-0.05, 0) is 51.1 Å². The molecule has 4 heterocycles. The van der Waals surface area contributed by atoms with E-state index >= 15 is 0 Å². The number of hydrogen-bond donors (Lipinski definition) is 0. The van der Waals surface area contributed by atoms with Gasteiger partial charge in [-0.15, -0.1) is 0 Å². The van der Waals surface area contributed by atoms with E-state index in [9.17, 15) is 9.59 Å². The average Bonchev–Trinajstić information content (AvgIpc) is 3.33. The van der Waals surface area contributed by atoms with Crippen LogP contribution in [0.4, 0.5) is 0 Å². The topological polar surface area (TPSA) is 69.9 Å². The van der Waals surface area contributed by atoms with E-state index in [4.69, 9.17) is 4.52 Å². The first kappa shape index (κ1) is 18.5. The van der Waals surface area contributed by atoms with Crippen molar-refractivity contribution < 1.29 is 14.1 Å². The zero-order valence-electron chi connectivity index (χ0n) is 16.4. The molecule has 3 fully saturated rings. The highest BCUT2D eigenvalue weighted by Gasteiger charge is 2.44. The van der Waals surface area contributed by atoms with Crippen LogP contribution >= 0.6 is 0 Å². The van der Waals surface area contributed by atoms with Gasteiger partial charge >= 0.3 is 0 Å². The van der Waals surface area contributed by atoms with Crippen molar-refractivity contribution in [3.05, 3.63) is 17.5 Å². The third kappa shape index (κ3) is 3.61. The van der Waals surface area contributed by atoms with Crippen LogP contribution in [0.25, 0.3) is 0 Å². The molecule has 0 saturated carbocycles. The van der Waals surface area contributed by atoms with Crippen LogP contribution in [0, 0.1) is 5.41 Å². The van der Waals surface area contributed by atoms with Gasteiger partial charge in [0.2, 0.25) is 11.7 Å². The Morgan fingerprint density at radius 3 is 2.70 bits per heavy atom. The van der Waals surface area contributed by atoms with E-state index in [-0.39, 0.29) is 11.3 Å². The van der Waals surface area contributed by atoms with Crippen molar-refractivity contribution in [1.29, 1.82) is 0 Å². The summed E-state index contributed by atoms with van der Waals surface area (Å²) in [4.78, 5) is 31.5. The first-order valence-electron chi connectivity index (χ1n) is 10.2. The van der Waals surface area contributed by atoms with Crippen molar-refractivity contribution in [2.45, 2.75) is 51.5 Å². The van der Waals surface area contributed by atoms with Crippen molar-refractivity contribution in [3.63, 3.8) is 0 Å². The molecule has 0 radical (unpaired) electrons. The second-order valence-corrected chi connectivity index (χ2v) is 8.55. The molecule has 1 aromatic heterocycles. The predicted octanol–water partition coefficient (Wildman–Crippen LogP) is 1.79. The zero-order chi connectivity index (χ0) is 19.0. The summed E-state index contributed by atoms with van der Waals surface area (Å²) in [6.45, 7) is 6.36. The lowest BCUT2D eigenvalue weighted by Gasteiger charge is -2.48. The van der Waals surface area contributed by atoms with Gasteiger partial charge in [-0.25, -0.2) is 0 Å². The van der Waals surface area contributed by atoms with E-state index in [2.05, 4.69) is 22.0 Å². The maximum atomic E-state index is 12.7. The summed E-state index contributed by atoms with van der Waals surface area (Å²) >= 11 is 0. The Hall–Kier alpha value is -1.89. The number of carbonyl (C=O) groups is 2. The number of aromatic nitrogens is 1. The number of likely N-dealkylation sites (N-methyl/N-ethyl adjacent to an activating group) is 1. The van der Waals surface area contributed by atoms with Crippen LogP contribution in [0.5, 0.6) is 0 Å². The summed E-state index contributed by atoms with van der Waals surface area (Å²) < 4.78 is 5.22. The van der Waals surface area contributed by atoms with E-state index in [0.29, 0.717) is 24.1 Å². The van der Waals surface area contributed by atoms with E-state index in [1.54, 1.807) is 6.07 Å². The summed E-state index contributed by atoms with van der Waals surface area (Å²) in [6.07, 6.45) is 5.36. The van der Waals surface area contributed by atoms with Gasteiger partial charge in [0.1, 0.15) is 0 Å². The van der Waals surface area contributed by atoms with Crippen molar-refractivity contribution in [2.75, 3.05) is 39.8 Å². The third-order valence-corrected chi connectivity index (χ3v) is 6.75. The van der Waals surface area contributed by atoms with Crippen LogP contribution in [-0.4, -0.2) is 77.5 Å². The summed E-state index contributed by atoms with van der Waals surface area (Å²) in [6, 6.07) is 2.12. The molecule has 0 aromatic carbocycles. The minimum atomic E-state index is -0.0572. The van der Waals surface area contributed by atoms with E-state index in [1.807, 2.05) is 11.8 Å². The molecule has 1 atom stereocenters. The Morgan fingerprint density at radius 1 is 1.30 bits per heavy atom. The Morgan fingerprint density at radius 2 is 2.07 bits per heavy atom. The zero-order valence-corrected chi connectivity index (χ0v) is 16.4. The molecular formula is C20H30N4O3. The molecule has 148 valence electrons. The minimum absolute atomic E-state index is 0.0572. The second kappa shape index (κ2) is 7.26. The smallest absolute Gasteiger partial charge is 0.292 e. The summed E-state index contributed by atoms with van der Waals surface area (Å²) in [5.74, 6) is 0.601. The Labute approximate surface area is 160 Å². The van der Waals surface area contributed by atoms with Gasteiger partial charge in [-0.2, -0.15) is 0 Å². The maximum absolute atomic E-state index is 12.7. The SMILES string of the molecule is CCc1cc(C(=O)N2CCC3(CCC(=O)N(C4CCN(C)C4)C3)CC2)on1. The number of carbonyl (C=O) groups excluding carboxylic acids is 2. The molecule has 0 aliphatic carbocycles. The van der Waals surface area contributed by atoms with Gasteiger partial charge in [0.15, 0.2) is 0 Å². The number of piperidine rings is 2. The highest BCUT2D eigenvalue weighted by atomic mass is 16.5. The molecule has 3 aliphatic rings. The number of aryl methyl sites for hydroxylation is 1. The molecule has 7 heteroatoms. The first-order chi connectivity index (χ1) is 13.0. The number of hydrogen-bond acceptors (Lipinski definition) is 5. The van der Waals surface area contributed by atoms with Crippen LogP contribution in [-0.2, 0) is 11.2 Å². The molecule has 3 saturated heterocycles. The van der Waals surface area contributed by atoms with Gasteiger partial charge in [-0.3, -0.25) is 9.59 Å². The lowest BCUT2D eigenvalue weighted by molar-refractivity contribution is -0.141. The molecule has 1 unspecified atom stereocenters. The quantitative estimate of drug-likeness (QED) is 0.807. The Kier molecular flexibility index (Phi) is 4.97. The minimum Gasteiger partial charge on any atom is -0.351 e. The van der Waals surface area contributed by atoms with Gasteiger partial charge in [0.05, 0.1) is 5.69 Å². The van der Waals surface area contributed by atoms with Crippen LogP contribution in [0.2, 0.25) is 0 Å². The fourth-order valence-electron chi connectivity index (χ4n) is 4.87. The van der Waals surface area contributed by atoms with Crippen LogP contribution in [0.3, 0.4) is 0 Å². The van der Waals surface area contributed by atoms with E-state index in [1.165, 1.54) is 0 Å². The lowest BCUT2D eigenvalue weighted by Crippen LogP contribution is -2.55. The molecule has 1 aromatic rings. The van der Waals surface area contributed by atoms with Crippen molar-refractivity contribution in [1.82, 2.24) is 19.9 Å².